The molecule has 0 spiro atoms. The van der Waals surface area contributed by atoms with E-state index in [9.17, 15) is 4.79 Å². The van der Waals surface area contributed by atoms with Crippen molar-refractivity contribution in [3.8, 4) is 0 Å². The summed E-state index contributed by atoms with van der Waals surface area (Å²) in [4.78, 5) is 25.8. The number of hydrogen-bond acceptors (Lipinski definition) is 5. The van der Waals surface area contributed by atoms with Crippen LogP contribution in [-0.2, 0) is 4.74 Å². The minimum atomic E-state index is -0.555. The second-order valence-corrected chi connectivity index (χ2v) is 2.67. The van der Waals surface area contributed by atoms with Crippen molar-refractivity contribution < 1.29 is 9.53 Å². The number of amides is 1. The van der Waals surface area contributed by atoms with Crippen LogP contribution in [0.2, 0.25) is 0 Å². The van der Waals surface area contributed by atoms with Crippen LogP contribution in [0, 0.1) is 0 Å². The quantitative estimate of drug-likeness (QED) is 0.763. The highest BCUT2D eigenvalue weighted by Crippen LogP contribution is 2.14. The molecule has 0 saturated carbocycles. The third-order valence-electron chi connectivity index (χ3n) is 1.71. The molecule has 0 atom stereocenters. The lowest BCUT2D eigenvalue weighted by atomic mass is 10.5. The van der Waals surface area contributed by atoms with Gasteiger partial charge in [-0.25, -0.2) is 19.7 Å². The Bertz CT molecular complexity index is 481. The second kappa shape index (κ2) is 3.91. The third kappa shape index (κ3) is 1.85. The number of aromatic nitrogens is 4. The fourth-order valence-corrected chi connectivity index (χ4v) is 1.12. The number of aromatic amines is 1. The fourth-order valence-electron chi connectivity index (χ4n) is 1.12. The molecular weight excluding hydrogens is 198 g/mol. The Labute approximate surface area is 84.9 Å². The summed E-state index contributed by atoms with van der Waals surface area (Å²) in [7, 11) is 0. The lowest BCUT2D eigenvalue weighted by molar-refractivity contribution is 0.168. The van der Waals surface area contributed by atoms with Crippen molar-refractivity contribution in [1.82, 2.24) is 19.9 Å². The van der Waals surface area contributed by atoms with Gasteiger partial charge in [0.1, 0.15) is 6.33 Å². The zero-order valence-electron chi connectivity index (χ0n) is 8.02. The van der Waals surface area contributed by atoms with Crippen LogP contribution in [0.5, 0.6) is 0 Å². The monoisotopic (exact) mass is 207 g/mol. The minimum absolute atomic E-state index is 0.306. The van der Waals surface area contributed by atoms with E-state index in [4.69, 9.17) is 4.74 Å². The Morgan fingerprint density at radius 1 is 1.53 bits per heavy atom. The van der Waals surface area contributed by atoms with Crippen molar-refractivity contribution in [3.63, 3.8) is 0 Å². The summed E-state index contributed by atoms with van der Waals surface area (Å²) < 4.78 is 4.72. The first kappa shape index (κ1) is 9.38. The Morgan fingerprint density at radius 3 is 3.20 bits per heavy atom. The van der Waals surface area contributed by atoms with Crippen LogP contribution < -0.4 is 5.32 Å². The first-order valence-corrected chi connectivity index (χ1v) is 4.39. The molecule has 2 N–H and O–H groups in total. The molecule has 2 aromatic heterocycles. The molecule has 15 heavy (non-hydrogen) atoms. The molecule has 78 valence electrons. The summed E-state index contributed by atoms with van der Waals surface area (Å²) in [5, 5.41) is 2.48. The summed E-state index contributed by atoms with van der Waals surface area (Å²) in [6.45, 7) is 2.03. The molecule has 0 aliphatic heterocycles. The maximum atomic E-state index is 11.1. The smallest absolute Gasteiger partial charge is 0.412 e. The van der Waals surface area contributed by atoms with Gasteiger partial charge in [0.25, 0.3) is 0 Å². The maximum Gasteiger partial charge on any atom is 0.412 e. The number of nitrogens with one attached hydrogen (secondary N) is 2. The van der Waals surface area contributed by atoms with Crippen LogP contribution in [0.15, 0.2) is 12.7 Å². The van der Waals surface area contributed by atoms with Crippen molar-refractivity contribution in [1.29, 1.82) is 0 Å². The predicted molar refractivity (Wildman–Crippen MR) is 52.3 cm³/mol. The van der Waals surface area contributed by atoms with E-state index in [2.05, 4.69) is 25.3 Å². The van der Waals surface area contributed by atoms with E-state index in [0.29, 0.717) is 23.6 Å². The summed E-state index contributed by atoms with van der Waals surface area (Å²) in [6, 6.07) is 0. The number of hydrogen-bond donors (Lipinski definition) is 2. The largest absolute Gasteiger partial charge is 0.450 e. The molecule has 1 amide bonds. The number of imidazole rings is 1. The van der Waals surface area contributed by atoms with Gasteiger partial charge in [-0.2, -0.15) is 0 Å². The predicted octanol–water partition coefficient (Wildman–Crippen LogP) is 0.921. The Kier molecular flexibility index (Phi) is 2.44. The molecule has 2 rings (SSSR count). The third-order valence-corrected chi connectivity index (χ3v) is 1.71. The highest BCUT2D eigenvalue weighted by atomic mass is 16.5. The number of anilines is 1. The van der Waals surface area contributed by atoms with E-state index in [0.717, 1.165) is 0 Å². The molecule has 7 nitrogen and oxygen atoms in total. The highest BCUT2D eigenvalue weighted by molar-refractivity contribution is 5.92. The molecule has 0 unspecified atom stereocenters. The summed E-state index contributed by atoms with van der Waals surface area (Å²) >= 11 is 0. The number of rotatable bonds is 2. The van der Waals surface area contributed by atoms with Crippen LogP contribution in [0.4, 0.5) is 10.6 Å². The van der Waals surface area contributed by atoms with Gasteiger partial charge in [-0.05, 0) is 6.92 Å². The lowest BCUT2D eigenvalue weighted by Gasteiger charge is -2.03. The van der Waals surface area contributed by atoms with Crippen molar-refractivity contribution in [3.05, 3.63) is 12.7 Å². The molecular formula is C8H9N5O2. The first-order valence-electron chi connectivity index (χ1n) is 4.39. The number of carbonyl (C=O) groups is 1. The van der Waals surface area contributed by atoms with Gasteiger partial charge in [-0.3, -0.25) is 5.32 Å². The molecule has 0 radical (unpaired) electrons. The summed E-state index contributed by atoms with van der Waals surface area (Å²) in [6.07, 6.45) is 2.26. The number of ether oxygens (including phenoxy) is 1. The lowest BCUT2D eigenvalue weighted by Crippen LogP contribution is -2.14. The van der Waals surface area contributed by atoms with E-state index in [-0.39, 0.29) is 0 Å². The second-order valence-electron chi connectivity index (χ2n) is 2.67. The van der Waals surface area contributed by atoms with Crippen LogP contribution in [0.1, 0.15) is 6.92 Å². The van der Waals surface area contributed by atoms with Crippen molar-refractivity contribution in [2.24, 2.45) is 0 Å². The Hall–Kier alpha value is -2.18. The number of fused-ring (bicyclic) bond motifs is 1. The van der Waals surface area contributed by atoms with Gasteiger partial charge in [0.05, 0.1) is 12.9 Å². The van der Waals surface area contributed by atoms with Crippen molar-refractivity contribution in [2.75, 3.05) is 11.9 Å². The molecule has 2 heterocycles. The van der Waals surface area contributed by atoms with Crippen molar-refractivity contribution >= 4 is 23.1 Å². The molecule has 0 aliphatic carbocycles. The Balaban J connectivity index is 2.27. The van der Waals surface area contributed by atoms with E-state index in [1.165, 1.54) is 12.7 Å². The average molecular weight is 207 g/mol. The maximum absolute atomic E-state index is 11.1. The van der Waals surface area contributed by atoms with E-state index in [1.807, 2.05) is 0 Å². The number of H-pyrrole nitrogens is 1. The number of nitrogens with zero attached hydrogens (tertiary/aromatic N) is 3. The zero-order valence-corrected chi connectivity index (χ0v) is 8.02. The van der Waals surface area contributed by atoms with E-state index < -0.39 is 6.09 Å². The van der Waals surface area contributed by atoms with E-state index >= 15 is 0 Å². The number of carbonyl (C=O) groups excluding carboxylic acids is 1. The first-order chi connectivity index (χ1) is 7.31. The van der Waals surface area contributed by atoms with Crippen LogP contribution in [-0.4, -0.2) is 32.6 Å². The fraction of sp³-hybridized carbons (Fsp3) is 0.250. The Morgan fingerprint density at radius 2 is 2.40 bits per heavy atom. The van der Waals surface area contributed by atoms with Crippen LogP contribution in [0.25, 0.3) is 11.2 Å². The molecule has 0 saturated heterocycles. The highest BCUT2D eigenvalue weighted by Gasteiger charge is 2.09. The molecule has 7 heteroatoms. The molecule has 0 aromatic carbocycles. The zero-order chi connectivity index (χ0) is 10.7. The topological polar surface area (TPSA) is 92.8 Å². The van der Waals surface area contributed by atoms with E-state index in [1.54, 1.807) is 6.92 Å². The van der Waals surface area contributed by atoms with Gasteiger partial charge >= 0.3 is 6.09 Å². The summed E-state index contributed by atoms with van der Waals surface area (Å²) in [5.74, 6) is 0.333. The van der Waals surface area contributed by atoms with Gasteiger partial charge < -0.3 is 9.72 Å². The average Bonchev–Trinajstić information content (AvgIpc) is 2.67. The van der Waals surface area contributed by atoms with Gasteiger partial charge in [-0.1, -0.05) is 0 Å². The van der Waals surface area contributed by atoms with Gasteiger partial charge in [0.2, 0.25) is 0 Å². The van der Waals surface area contributed by atoms with Crippen molar-refractivity contribution in [2.45, 2.75) is 6.92 Å². The standard InChI is InChI=1S/C8H9N5O2/c1-2-15-8(14)13-7-5-6(10-3-9-5)11-4-12-7/h3-4H,2H2,1H3,(H2,9,10,11,12,13,14). The molecule has 0 fully saturated rings. The van der Waals surface area contributed by atoms with Crippen LogP contribution >= 0.6 is 0 Å². The normalized spacial score (nSPS) is 10.2. The van der Waals surface area contributed by atoms with Gasteiger partial charge in [0.15, 0.2) is 17.0 Å². The molecule has 2 aromatic rings. The molecule has 0 bridgehead atoms. The van der Waals surface area contributed by atoms with Gasteiger partial charge in [0, 0.05) is 0 Å². The molecule has 0 aliphatic rings. The van der Waals surface area contributed by atoms with Gasteiger partial charge in [-0.15, -0.1) is 0 Å². The summed E-state index contributed by atoms with van der Waals surface area (Å²) in [5.41, 5.74) is 1.07. The SMILES string of the molecule is CCOC(=O)Nc1ncnc2[nH]cnc12. The minimum Gasteiger partial charge on any atom is -0.450 e. The van der Waals surface area contributed by atoms with Crippen LogP contribution in [0.3, 0.4) is 0 Å².